The number of hydrogen-bond acceptors (Lipinski definition) is 2. The van der Waals surface area contributed by atoms with Crippen LogP contribution in [0.4, 0.5) is 5.69 Å². The molecule has 0 bridgehead atoms. The Labute approximate surface area is 144 Å². The van der Waals surface area contributed by atoms with Crippen LogP contribution >= 0.6 is 0 Å². The van der Waals surface area contributed by atoms with Crippen molar-refractivity contribution in [2.45, 2.75) is 39.5 Å². The Balaban J connectivity index is 2.09. The maximum Gasteiger partial charge on any atom is 0.152 e. The zero-order valence-corrected chi connectivity index (χ0v) is 15.1. The fraction of sp³-hybridized carbons (Fsp3) is 0.333. The summed E-state index contributed by atoms with van der Waals surface area (Å²) in [6.07, 6.45) is 1.90. The minimum Gasteiger partial charge on any atom is -0.326 e. The number of imidazole rings is 1. The average Bonchev–Trinajstić information content (AvgIpc) is 2.89. The van der Waals surface area contributed by atoms with E-state index in [2.05, 4.69) is 56.5 Å². The summed E-state index contributed by atoms with van der Waals surface area (Å²) in [5.41, 5.74) is 5.80. The molecule has 1 heterocycles. The third kappa shape index (κ3) is 2.99. The number of nitrogens with zero attached hydrogens (tertiary/aromatic N) is 3. The lowest BCUT2D eigenvalue weighted by molar-refractivity contribution is 0.834. The Morgan fingerprint density at radius 3 is 2.12 bits per heavy atom. The summed E-state index contributed by atoms with van der Waals surface area (Å²) in [6, 6.07) is 14.7. The Morgan fingerprint density at radius 1 is 0.917 bits per heavy atom. The van der Waals surface area contributed by atoms with Gasteiger partial charge in [-0.1, -0.05) is 58.0 Å². The number of benzene rings is 2. The van der Waals surface area contributed by atoms with Crippen molar-refractivity contribution in [3.63, 3.8) is 0 Å². The highest BCUT2D eigenvalue weighted by Crippen LogP contribution is 2.34. The number of aromatic nitrogens is 2. The lowest BCUT2D eigenvalue weighted by Crippen LogP contribution is -1.98. The minimum absolute atomic E-state index is 0.441. The second-order valence-corrected chi connectivity index (χ2v) is 6.87. The molecule has 2 aromatic carbocycles. The van der Waals surface area contributed by atoms with Gasteiger partial charge in [0.25, 0.3) is 0 Å². The lowest BCUT2D eigenvalue weighted by Gasteiger charge is -2.16. The molecule has 0 saturated heterocycles. The van der Waals surface area contributed by atoms with Crippen LogP contribution in [0.3, 0.4) is 0 Å². The predicted octanol–water partition coefficient (Wildman–Crippen LogP) is 5.57. The molecule has 0 radical (unpaired) electrons. The smallest absolute Gasteiger partial charge is 0.152 e. The van der Waals surface area contributed by atoms with Crippen LogP contribution < -0.4 is 0 Å². The van der Waals surface area contributed by atoms with Crippen LogP contribution in [0, 0.1) is 0 Å². The van der Waals surface area contributed by atoms with Gasteiger partial charge in [0, 0.05) is 7.05 Å². The number of para-hydroxylation sites is 3. The molecule has 0 spiro atoms. The molecule has 0 N–H and O–H groups in total. The van der Waals surface area contributed by atoms with E-state index in [9.17, 15) is 0 Å². The van der Waals surface area contributed by atoms with Crippen LogP contribution in [-0.4, -0.2) is 15.8 Å². The standard InChI is InChI=1S/C21H25N3/c1-14(2)16-9-8-10-17(15(3)4)21(16)22-13-20-23-18-11-6-7-12-19(18)24(20)5/h6-15H,1-5H3/b22-13+. The molecule has 0 atom stereocenters. The van der Waals surface area contributed by atoms with Crippen molar-refractivity contribution in [1.82, 2.24) is 9.55 Å². The lowest BCUT2D eigenvalue weighted by atomic mass is 9.93. The van der Waals surface area contributed by atoms with Gasteiger partial charge in [-0.2, -0.15) is 0 Å². The maximum absolute atomic E-state index is 4.87. The van der Waals surface area contributed by atoms with Crippen LogP contribution in [0.1, 0.15) is 56.5 Å². The molecular weight excluding hydrogens is 294 g/mol. The van der Waals surface area contributed by atoms with Crippen molar-refractivity contribution in [2.75, 3.05) is 0 Å². The van der Waals surface area contributed by atoms with E-state index >= 15 is 0 Å². The van der Waals surface area contributed by atoms with E-state index in [-0.39, 0.29) is 0 Å². The van der Waals surface area contributed by atoms with Gasteiger partial charge in [0.05, 0.1) is 22.9 Å². The summed E-state index contributed by atoms with van der Waals surface area (Å²) in [5.74, 6) is 1.76. The normalized spacial score (nSPS) is 12.1. The fourth-order valence-corrected chi connectivity index (χ4v) is 3.06. The molecule has 0 fully saturated rings. The summed E-state index contributed by atoms with van der Waals surface area (Å²) in [5, 5.41) is 0. The molecule has 124 valence electrons. The van der Waals surface area contributed by atoms with Crippen molar-refractivity contribution in [1.29, 1.82) is 0 Å². The van der Waals surface area contributed by atoms with E-state index in [0.717, 1.165) is 22.5 Å². The number of fused-ring (bicyclic) bond motifs is 1. The Morgan fingerprint density at radius 2 is 1.54 bits per heavy atom. The van der Waals surface area contributed by atoms with Gasteiger partial charge < -0.3 is 4.57 Å². The third-order valence-electron chi connectivity index (χ3n) is 4.47. The Kier molecular flexibility index (Phi) is 4.52. The monoisotopic (exact) mass is 319 g/mol. The predicted molar refractivity (Wildman–Crippen MR) is 103 cm³/mol. The Bertz CT molecular complexity index is 859. The molecule has 0 unspecified atom stereocenters. The van der Waals surface area contributed by atoms with Gasteiger partial charge in [-0.05, 0) is 35.1 Å². The maximum atomic E-state index is 4.87. The molecule has 0 aliphatic rings. The number of hydrogen-bond donors (Lipinski definition) is 0. The molecule has 3 rings (SSSR count). The van der Waals surface area contributed by atoms with Crippen molar-refractivity contribution in [3.8, 4) is 0 Å². The fourth-order valence-electron chi connectivity index (χ4n) is 3.06. The van der Waals surface area contributed by atoms with E-state index < -0.39 is 0 Å². The molecule has 0 aliphatic heterocycles. The minimum atomic E-state index is 0.441. The quantitative estimate of drug-likeness (QED) is 0.578. The van der Waals surface area contributed by atoms with Gasteiger partial charge >= 0.3 is 0 Å². The first-order chi connectivity index (χ1) is 11.5. The molecule has 1 aromatic heterocycles. The largest absolute Gasteiger partial charge is 0.326 e. The summed E-state index contributed by atoms with van der Waals surface area (Å²) in [7, 11) is 2.04. The van der Waals surface area contributed by atoms with Crippen LogP contribution in [0.25, 0.3) is 11.0 Å². The highest BCUT2D eigenvalue weighted by Gasteiger charge is 2.13. The zero-order valence-electron chi connectivity index (χ0n) is 15.1. The van der Waals surface area contributed by atoms with Gasteiger partial charge in [0.2, 0.25) is 0 Å². The molecule has 0 amide bonds. The van der Waals surface area contributed by atoms with Gasteiger partial charge in [-0.3, -0.25) is 4.99 Å². The van der Waals surface area contributed by atoms with Crippen LogP contribution in [0.2, 0.25) is 0 Å². The van der Waals surface area contributed by atoms with E-state index in [0.29, 0.717) is 11.8 Å². The molecule has 3 heteroatoms. The van der Waals surface area contributed by atoms with E-state index in [1.165, 1.54) is 11.1 Å². The molecule has 0 aliphatic carbocycles. The molecule has 0 saturated carbocycles. The molecule has 3 nitrogen and oxygen atoms in total. The van der Waals surface area contributed by atoms with E-state index in [4.69, 9.17) is 9.98 Å². The second kappa shape index (κ2) is 6.60. The van der Waals surface area contributed by atoms with Crippen molar-refractivity contribution in [3.05, 3.63) is 59.4 Å². The zero-order chi connectivity index (χ0) is 17.3. The third-order valence-corrected chi connectivity index (χ3v) is 4.47. The number of rotatable bonds is 4. The first-order valence-electron chi connectivity index (χ1n) is 8.57. The van der Waals surface area contributed by atoms with Gasteiger partial charge in [0.1, 0.15) is 0 Å². The summed E-state index contributed by atoms with van der Waals surface area (Å²) < 4.78 is 2.09. The Hall–Kier alpha value is -2.42. The van der Waals surface area contributed by atoms with Gasteiger partial charge in [0.15, 0.2) is 5.82 Å². The summed E-state index contributed by atoms with van der Waals surface area (Å²) >= 11 is 0. The number of aliphatic imine (C=N–C) groups is 1. The van der Waals surface area contributed by atoms with Crippen LogP contribution in [-0.2, 0) is 7.05 Å². The van der Waals surface area contributed by atoms with E-state index in [1.54, 1.807) is 0 Å². The van der Waals surface area contributed by atoms with Crippen molar-refractivity contribution in [2.24, 2.45) is 12.0 Å². The average molecular weight is 319 g/mol. The topological polar surface area (TPSA) is 30.2 Å². The van der Waals surface area contributed by atoms with E-state index in [1.807, 2.05) is 31.5 Å². The van der Waals surface area contributed by atoms with Crippen LogP contribution in [0.15, 0.2) is 47.5 Å². The molecular formula is C21H25N3. The highest BCUT2D eigenvalue weighted by molar-refractivity contribution is 5.86. The number of aryl methyl sites for hydroxylation is 1. The molecule has 3 aromatic rings. The van der Waals surface area contributed by atoms with Crippen molar-refractivity contribution >= 4 is 22.9 Å². The van der Waals surface area contributed by atoms with Crippen molar-refractivity contribution < 1.29 is 0 Å². The first-order valence-corrected chi connectivity index (χ1v) is 8.57. The highest BCUT2D eigenvalue weighted by atomic mass is 15.1. The first kappa shape index (κ1) is 16.4. The molecule has 24 heavy (non-hydrogen) atoms. The van der Waals surface area contributed by atoms with Crippen LogP contribution in [0.5, 0.6) is 0 Å². The van der Waals surface area contributed by atoms with Gasteiger partial charge in [-0.25, -0.2) is 4.98 Å². The van der Waals surface area contributed by atoms with Gasteiger partial charge in [-0.15, -0.1) is 0 Å². The second-order valence-electron chi connectivity index (χ2n) is 6.87. The summed E-state index contributed by atoms with van der Waals surface area (Å²) in [4.78, 5) is 9.56. The SMILES string of the molecule is CC(C)c1cccc(C(C)C)c1/N=C/c1nc2ccccc2n1C. The summed E-state index contributed by atoms with van der Waals surface area (Å²) in [6.45, 7) is 8.86.